The summed E-state index contributed by atoms with van der Waals surface area (Å²) < 4.78 is 0. The molecule has 17 heavy (non-hydrogen) atoms. The fraction of sp³-hybridized carbons (Fsp3) is 0.308. The lowest BCUT2D eigenvalue weighted by molar-refractivity contribution is -0.116. The second kappa shape index (κ2) is 6.67. The van der Waals surface area contributed by atoms with Crippen LogP contribution in [0.4, 0.5) is 0 Å². The maximum atomic E-state index is 11.4. The molecule has 0 unspecified atom stereocenters. The molecule has 1 N–H and O–H groups in total. The van der Waals surface area contributed by atoms with Crippen molar-refractivity contribution >= 4 is 35.2 Å². The van der Waals surface area contributed by atoms with E-state index in [1.165, 1.54) is 6.08 Å². The number of carbonyl (C=O) groups excluding carboxylic acids is 1. The molecule has 0 aliphatic heterocycles. The number of hydrogen-bond acceptors (Lipinski definition) is 1. The van der Waals surface area contributed by atoms with Crippen LogP contribution in [0.1, 0.15) is 19.4 Å². The predicted molar refractivity (Wildman–Crippen MR) is 73.3 cm³/mol. The molecule has 0 aliphatic carbocycles. The van der Waals surface area contributed by atoms with Crippen LogP contribution in [0.5, 0.6) is 0 Å². The molecule has 1 rings (SSSR count). The van der Waals surface area contributed by atoms with E-state index in [0.29, 0.717) is 22.5 Å². The van der Waals surface area contributed by atoms with Crippen LogP contribution in [0.2, 0.25) is 10.0 Å². The second-order valence-electron chi connectivity index (χ2n) is 4.15. The zero-order valence-corrected chi connectivity index (χ0v) is 11.3. The number of benzene rings is 1. The summed E-state index contributed by atoms with van der Waals surface area (Å²) in [5, 5.41) is 3.78. The van der Waals surface area contributed by atoms with Crippen molar-refractivity contribution in [2.75, 3.05) is 6.54 Å². The summed E-state index contributed by atoms with van der Waals surface area (Å²) in [6.07, 6.45) is 3.19. The van der Waals surface area contributed by atoms with E-state index in [9.17, 15) is 4.79 Å². The lowest BCUT2D eigenvalue weighted by Crippen LogP contribution is -2.25. The van der Waals surface area contributed by atoms with E-state index in [4.69, 9.17) is 23.2 Å². The topological polar surface area (TPSA) is 29.1 Å². The first kappa shape index (κ1) is 14.1. The van der Waals surface area contributed by atoms with Gasteiger partial charge in [0.15, 0.2) is 0 Å². The highest BCUT2D eigenvalue weighted by atomic mass is 35.5. The molecule has 0 aromatic heterocycles. The van der Waals surface area contributed by atoms with Gasteiger partial charge in [-0.15, -0.1) is 0 Å². The quantitative estimate of drug-likeness (QED) is 0.830. The molecular formula is C13H15Cl2NO. The summed E-state index contributed by atoms with van der Waals surface area (Å²) in [4.78, 5) is 11.4. The van der Waals surface area contributed by atoms with E-state index in [1.807, 2.05) is 13.8 Å². The third-order valence-corrected chi connectivity index (χ3v) is 2.79. The fourth-order valence-corrected chi connectivity index (χ4v) is 1.46. The van der Waals surface area contributed by atoms with Crippen molar-refractivity contribution in [2.24, 2.45) is 5.92 Å². The van der Waals surface area contributed by atoms with Crippen LogP contribution in [0.3, 0.4) is 0 Å². The average molecular weight is 272 g/mol. The van der Waals surface area contributed by atoms with Gasteiger partial charge >= 0.3 is 0 Å². The molecule has 2 nitrogen and oxygen atoms in total. The molecule has 1 amide bonds. The number of hydrogen-bond donors (Lipinski definition) is 1. The largest absolute Gasteiger partial charge is 0.352 e. The van der Waals surface area contributed by atoms with Crippen LogP contribution in [-0.2, 0) is 4.79 Å². The normalized spacial score (nSPS) is 11.1. The molecule has 0 aliphatic rings. The summed E-state index contributed by atoms with van der Waals surface area (Å²) in [5.74, 6) is 0.335. The van der Waals surface area contributed by atoms with Gasteiger partial charge in [0.1, 0.15) is 0 Å². The van der Waals surface area contributed by atoms with Gasteiger partial charge in [-0.2, -0.15) is 0 Å². The molecule has 0 saturated heterocycles. The first-order valence-electron chi connectivity index (χ1n) is 5.40. The highest BCUT2D eigenvalue weighted by molar-refractivity contribution is 6.42. The first-order valence-corrected chi connectivity index (χ1v) is 6.15. The van der Waals surface area contributed by atoms with E-state index in [2.05, 4.69) is 5.32 Å². The minimum atomic E-state index is -0.107. The van der Waals surface area contributed by atoms with Crippen molar-refractivity contribution in [1.29, 1.82) is 0 Å². The van der Waals surface area contributed by atoms with Crippen LogP contribution >= 0.6 is 23.2 Å². The van der Waals surface area contributed by atoms with E-state index < -0.39 is 0 Å². The number of halogens is 2. The minimum absolute atomic E-state index is 0.107. The third kappa shape index (κ3) is 5.24. The molecule has 0 fully saturated rings. The summed E-state index contributed by atoms with van der Waals surface area (Å²) >= 11 is 11.7. The molecule has 0 heterocycles. The maximum absolute atomic E-state index is 11.4. The summed E-state index contributed by atoms with van der Waals surface area (Å²) in [6, 6.07) is 5.23. The zero-order chi connectivity index (χ0) is 12.8. The van der Waals surface area contributed by atoms with Crippen LogP contribution in [0.15, 0.2) is 24.3 Å². The molecule has 0 atom stereocenters. The Morgan fingerprint density at radius 3 is 2.65 bits per heavy atom. The fourth-order valence-electron chi connectivity index (χ4n) is 1.15. The Morgan fingerprint density at radius 2 is 2.06 bits per heavy atom. The summed E-state index contributed by atoms with van der Waals surface area (Å²) in [6.45, 7) is 4.76. The van der Waals surface area contributed by atoms with E-state index in [0.717, 1.165) is 5.56 Å². The van der Waals surface area contributed by atoms with Gasteiger partial charge in [-0.25, -0.2) is 0 Å². The summed E-state index contributed by atoms with van der Waals surface area (Å²) in [7, 11) is 0. The Balaban J connectivity index is 2.58. The van der Waals surface area contributed by atoms with Gasteiger partial charge in [0.2, 0.25) is 5.91 Å². The lowest BCUT2D eigenvalue weighted by atomic mass is 10.2. The number of carbonyl (C=O) groups is 1. The van der Waals surface area contributed by atoms with Gasteiger partial charge < -0.3 is 5.32 Å². The van der Waals surface area contributed by atoms with Gasteiger partial charge in [0.25, 0.3) is 0 Å². The molecule has 92 valence electrons. The number of nitrogens with one attached hydrogen (secondary N) is 1. The van der Waals surface area contributed by atoms with Gasteiger partial charge in [-0.05, 0) is 29.7 Å². The maximum Gasteiger partial charge on any atom is 0.244 e. The smallest absolute Gasteiger partial charge is 0.244 e. The van der Waals surface area contributed by atoms with Crippen molar-refractivity contribution in [3.8, 4) is 0 Å². The van der Waals surface area contributed by atoms with Crippen LogP contribution in [0.25, 0.3) is 6.08 Å². The Kier molecular flexibility index (Phi) is 5.52. The van der Waals surface area contributed by atoms with E-state index >= 15 is 0 Å². The Morgan fingerprint density at radius 1 is 1.35 bits per heavy atom. The van der Waals surface area contributed by atoms with Crippen molar-refractivity contribution in [2.45, 2.75) is 13.8 Å². The van der Waals surface area contributed by atoms with Gasteiger partial charge in [0.05, 0.1) is 10.0 Å². The second-order valence-corrected chi connectivity index (χ2v) is 4.96. The molecule has 1 aromatic carbocycles. The van der Waals surface area contributed by atoms with Crippen LogP contribution in [-0.4, -0.2) is 12.5 Å². The van der Waals surface area contributed by atoms with Crippen molar-refractivity contribution in [3.05, 3.63) is 39.9 Å². The molecule has 0 bridgehead atoms. The monoisotopic (exact) mass is 271 g/mol. The standard InChI is InChI=1S/C13H15Cl2NO/c1-9(2)8-16-13(17)6-4-10-3-5-11(14)12(15)7-10/h3-7,9H,8H2,1-2H3,(H,16,17)/b6-4-. The van der Waals surface area contributed by atoms with Crippen molar-refractivity contribution < 1.29 is 4.79 Å². The highest BCUT2D eigenvalue weighted by Crippen LogP contribution is 2.22. The van der Waals surface area contributed by atoms with Gasteiger partial charge in [-0.1, -0.05) is 43.1 Å². The molecule has 0 saturated carbocycles. The number of amides is 1. The minimum Gasteiger partial charge on any atom is -0.352 e. The lowest BCUT2D eigenvalue weighted by Gasteiger charge is -2.04. The Hall–Kier alpha value is -0.990. The van der Waals surface area contributed by atoms with Gasteiger partial charge in [-0.3, -0.25) is 4.79 Å². The predicted octanol–water partition coefficient (Wildman–Crippen LogP) is 3.78. The third-order valence-electron chi connectivity index (χ3n) is 2.06. The average Bonchev–Trinajstić information content (AvgIpc) is 2.28. The Labute approximate surface area is 112 Å². The zero-order valence-electron chi connectivity index (χ0n) is 9.84. The van der Waals surface area contributed by atoms with E-state index in [-0.39, 0.29) is 5.91 Å². The molecule has 1 aromatic rings. The molecule has 0 spiro atoms. The van der Waals surface area contributed by atoms with Crippen LogP contribution < -0.4 is 5.32 Å². The number of rotatable bonds is 4. The Bertz CT molecular complexity index is 427. The van der Waals surface area contributed by atoms with E-state index in [1.54, 1.807) is 24.3 Å². The SMILES string of the molecule is CC(C)CNC(=O)/C=C\c1ccc(Cl)c(Cl)c1. The molecule has 4 heteroatoms. The molecule has 0 radical (unpaired) electrons. The van der Waals surface area contributed by atoms with Crippen molar-refractivity contribution in [1.82, 2.24) is 5.32 Å². The summed E-state index contributed by atoms with van der Waals surface area (Å²) in [5.41, 5.74) is 0.846. The van der Waals surface area contributed by atoms with Crippen LogP contribution in [0, 0.1) is 5.92 Å². The first-order chi connectivity index (χ1) is 7.99. The van der Waals surface area contributed by atoms with Gasteiger partial charge in [0, 0.05) is 12.6 Å². The van der Waals surface area contributed by atoms with Crippen molar-refractivity contribution in [3.63, 3.8) is 0 Å². The highest BCUT2D eigenvalue weighted by Gasteiger charge is 1.99. The molecular weight excluding hydrogens is 257 g/mol.